The SMILES string of the molecule is FC(F)Oc1ccccc1Cn1c(Cc2ccncc2)nc2ccc(Br)cc21. The van der Waals surface area contributed by atoms with Crippen LogP contribution in [0.25, 0.3) is 11.0 Å². The van der Waals surface area contributed by atoms with Gasteiger partial charge in [0.15, 0.2) is 0 Å². The normalized spacial score (nSPS) is 11.3. The number of benzene rings is 2. The summed E-state index contributed by atoms with van der Waals surface area (Å²) in [4.78, 5) is 8.82. The molecule has 0 atom stereocenters. The average molecular weight is 444 g/mol. The van der Waals surface area contributed by atoms with Gasteiger partial charge < -0.3 is 9.30 Å². The first-order chi connectivity index (χ1) is 13.6. The molecule has 0 aliphatic heterocycles. The van der Waals surface area contributed by atoms with Crippen LogP contribution in [0, 0.1) is 0 Å². The zero-order valence-electron chi connectivity index (χ0n) is 14.7. The van der Waals surface area contributed by atoms with Gasteiger partial charge in [0.25, 0.3) is 0 Å². The van der Waals surface area contributed by atoms with Crippen molar-refractivity contribution in [2.45, 2.75) is 19.6 Å². The number of hydrogen-bond donors (Lipinski definition) is 0. The summed E-state index contributed by atoms with van der Waals surface area (Å²) in [6.07, 6.45) is 4.09. The lowest BCUT2D eigenvalue weighted by Gasteiger charge is -2.14. The van der Waals surface area contributed by atoms with Crippen LogP contribution in [0.15, 0.2) is 71.5 Å². The largest absolute Gasteiger partial charge is 0.434 e. The second kappa shape index (κ2) is 8.06. The first-order valence-corrected chi connectivity index (χ1v) is 9.46. The molecule has 0 saturated carbocycles. The molecule has 0 saturated heterocycles. The van der Waals surface area contributed by atoms with E-state index in [2.05, 4.69) is 20.9 Å². The Kier molecular flexibility index (Phi) is 5.34. The summed E-state index contributed by atoms with van der Waals surface area (Å²) in [6.45, 7) is -2.50. The Bertz CT molecular complexity index is 1100. The van der Waals surface area contributed by atoms with Gasteiger partial charge in [0.05, 0.1) is 17.6 Å². The number of alkyl halides is 2. The van der Waals surface area contributed by atoms with E-state index in [-0.39, 0.29) is 5.75 Å². The number of rotatable bonds is 6. The maximum absolute atomic E-state index is 12.8. The highest BCUT2D eigenvalue weighted by atomic mass is 79.9. The predicted octanol–water partition coefficient (Wildman–Crippen LogP) is 5.43. The van der Waals surface area contributed by atoms with Crippen LogP contribution in [0.1, 0.15) is 17.0 Å². The molecular formula is C21H16BrF2N3O. The number of para-hydroxylation sites is 1. The number of pyridine rings is 1. The Labute approximate surface area is 168 Å². The zero-order valence-corrected chi connectivity index (χ0v) is 16.3. The van der Waals surface area contributed by atoms with Crippen molar-refractivity contribution in [1.82, 2.24) is 14.5 Å². The number of halogens is 3. The zero-order chi connectivity index (χ0) is 19.5. The molecule has 28 heavy (non-hydrogen) atoms. The Morgan fingerprint density at radius 2 is 1.82 bits per heavy atom. The molecule has 0 aliphatic carbocycles. The van der Waals surface area contributed by atoms with Crippen LogP contribution in [0.4, 0.5) is 8.78 Å². The topological polar surface area (TPSA) is 39.9 Å². The lowest BCUT2D eigenvalue weighted by Crippen LogP contribution is -2.09. The molecule has 0 amide bonds. The van der Waals surface area contributed by atoms with Gasteiger partial charge in [-0.1, -0.05) is 34.1 Å². The highest BCUT2D eigenvalue weighted by Gasteiger charge is 2.15. The summed E-state index contributed by atoms with van der Waals surface area (Å²) in [7, 11) is 0. The minimum Gasteiger partial charge on any atom is -0.434 e. The highest BCUT2D eigenvalue weighted by molar-refractivity contribution is 9.10. The second-order valence-corrected chi connectivity index (χ2v) is 7.18. The van der Waals surface area contributed by atoms with Gasteiger partial charge in [-0.25, -0.2) is 4.98 Å². The number of nitrogens with zero attached hydrogens (tertiary/aromatic N) is 3. The summed E-state index contributed by atoms with van der Waals surface area (Å²) in [5.74, 6) is 1.01. The lowest BCUT2D eigenvalue weighted by molar-refractivity contribution is -0.0504. The molecule has 0 bridgehead atoms. The average Bonchev–Trinajstić information content (AvgIpc) is 3.00. The van der Waals surface area contributed by atoms with Gasteiger partial charge in [-0.15, -0.1) is 0 Å². The molecular weight excluding hydrogens is 428 g/mol. The van der Waals surface area contributed by atoms with E-state index >= 15 is 0 Å². The van der Waals surface area contributed by atoms with Crippen LogP contribution in [0.5, 0.6) is 5.75 Å². The Balaban J connectivity index is 1.79. The van der Waals surface area contributed by atoms with Crippen molar-refractivity contribution < 1.29 is 13.5 Å². The predicted molar refractivity (Wildman–Crippen MR) is 107 cm³/mol. The van der Waals surface area contributed by atoms with Crippen molar-refractivity contribution >= 4 is 27.0 Å². The molecule has 0 N–H and O–H groups in total. The van der Waals surface area contributed by atoms with Crippen LogP contribution < -0.4 is 4.74 Å². The van der Waals surface area contributed by atoms with Crippen molar-refractivity contribution in [2.75, 3.05) is 0 Å². The molecule has 4 aromatic rings. The minimum absolute atomic E-state index is 0.171. The van der Waals surface area contributed by atoms with Crippen molar-refractivity contribution in [1.29, 1.82) is 0 Å². The number of hydrogen-bond acceptors (Lipinski definition) is 3. The van der Waals surface area contributed by atoms with Gasteiger partial charge in [0.2, 0.25) is 0 Å². The second-order valence-electron chi connectivity index (χ2n) is 6.27. The number of imidazole rings is 1. The molecule has 0 radical (unpaired) electrons. The molecule has 0 fully saturated rings. The standard InChI is InChI=1S/C21H16BrF2N3O/c22-16-5-6-17-18(12-16)27(20(26-17)11-14-7-9-25-10-8-14)13-15-3-1-2-4-19(15)28-21(23)24/h1-10,12,21H,11,13H2. The monoisotopic (exact) mass is 443 g/mol. The third kappa shape index (κ3) is 4.04. The van der Waals surface area contributed by atoms with E-state index in [4.69, 9.17) is 9.72 Å². The first-order valence-electron chi connectivity index (χ1n) is 8.66. The fourth-order valence-electron chi connectivity index (χ4n) is 3.16. The van der Waals surface area contributed by atoms with Gasteiger partial charge in [0, 0.05) is 28.9 Å². The van der Waals surface area contributed by atoms with Crippen LogP contribution >= 0.6 is 15.9 Å². The number of fused-ring (bicyclic) bond motifs is 1. The van der Waals surface area contributed by atoms with Crippen LogP contribution in [0.2, 0.25) is 0 Å². The first kappa shape index (κ1) is 18.6. The third-order valence-electron chi connectivity index (χ3n) is 4.42. The summed E-state index contributed by atoms with van der Waals surface area (Å²) in [5.41, 5.74) is 3.51. The Morgan fingerprint density at radius 1 is 1.04 bits per heavy atom. The molecule has 0 aliphatic rings. The molecule has 2 aromatic carbocycles. The molecule has 142 valence electrons. The smallest absolute Gasteiger partial charge is 0.387 e. The summed E-state index contributed by atoms with van der Waals surface area (Å²) < 4.78 is 33.3. The van der Waals surface area contributed by atoms with Crippen molar-refractivity contribution in [3.8, 4) is 5.75 Å². The van der Waals surface area contributed by atoms with Crippen LogP contribution in [0.3, 0.4) is 0 Å². The van der Waals surface area contributed by atoms with E-state index in [0.717, 1.165) is 26.9 Å². The van der Waals surface area contributed by atoms with E-state index < -0.39 is 6.61 Å². The Morgan fingerprint density at radius 3 is 2.61 bits per heavy atom. The van der Waals surface area contributed by atoms with Crippen molar-refractivity contribution in [2.24, 2.45) is 0 Å². The molecule has 2 heterocycles. The number of ether oxygens (including phenoxy) is 1. The Hall–Kier alpha value is -2.80. The molecule has 4 rings (SSSR count). The molecule has 2 aromatic heterocycles. The van der Waals surface area contributed by atoms with Gasteiger partial charge >= 0.3 is 6.61 Å². The van der Waals surface area contributed by atoms with Crippen LogP contribution in [-0.2, 0) is 13.0 Å². The molecule has 7 heteroatoms. The molecule has 4 nitrogen and oxygen atoms in total. The number of aromatic nitrogens is 3. The fraction of sp³-hybridized carbons (Fsp3) is 0.143. The van der Waals surface area contributed by atoms with E-state index in [1.165, 1.54) is 0 Å². The lowest BCUT2D eigenvalue weighted by atomic mass is 10.1. The molecule has 0 unspecified atom stereocenters. The molecule has 0 spiro atoms. The van der Waals surface area contributed by atoms with Gasteiger partial charge in [-0.2, -0.15) is 8.78 Å². The fourth-order valence-corrected chi connectivity index (χ4v) is 3.51. The minimum atomic E-state index is -2.87. The third-order valence-corrected chi connectivity index (χ3v) is 4.91. The van der Waals surface area contributed by atoms with Crippen LogP contribution in [-0.4, -0.2) is 21.1 Å². The van der Waals surface area contributed by atoms with E-state index in [9.17, 15) is 8.78 Å². The summed E-state index contributed by atoms with van der Waals surface area (Å²) in [6, 6.07) is 16.6. The van der Waals surface area contributed by atoms with E-state index in [1.54, 1.807) is 30.6 Å². The maximum atomic E-state index is 12.8. The van der Waals surface area contributed by atoms with Crippen molar-refractivity contribution in [3.05, 3.63) is 88.4 Å². The van der Waals surface area contributed by atoms with Crippen molar-refractivity contribution in [3.63, 3.8) is 0 Å². The summed E-state index contributed by atoms with van der Waals surface area (Å²) >= 11 is 3.50. The van der Waals surface area contributed by atoms with Gasteiger partial charge in [0.1, 0.15) is 11.6 Å². The van der Waals surface area contributed by atoms with E-state index in [1.807, 2.05) is 41.0 Å². The van der Waals surface area contributed by atoms with Gasteiger partial charge in [-0.3, -0.25) is 4.98 Å². The highest BCUT2D eigenvalue weighted by Crippen LogP contribution is 2.27. The van der Waals surface area contributed by atoms with Gasteiger partial charge in [-0.05, 0) is 42.0 Å². The summed E-state index contributed by atoms with van der Waals surface area (Å²) in [5, 5.41) is 0. The van der Waals surface area contributed by atoms with E-state index in [0.29, 0.717) is 18.5 Å². The quantitative estimate of drug-likeness (QED) is 0.398. The maximum Gasteiger partial charge on any atom is 0.387 e.